The van der Waals surface area contributed by atoms with Crippen molar-refractivity contribution in [2.75, 3.05) is 5.88 Å². The first kappa shape index (κ1) is 6.96. The minimum atomic E-state index is -0.0272. The van der Waals surface area contributed by atoms with E-state index in [1.807, 2.05) is 0 Å². The van der Waals surface area contributed by atoms with Crippen LogP contribution in [0.3, 0.4) is 0 Å². The molecule has 0 amide bonds. The Morgan fingerprint density at radius 1 is 1.71 bits per heavy atom. The van der Waals surface area contributed by atoms with Gasteiger partial charge in [-0.15, -0.1) is 11.6 Å². The molecule has 0 bridgehead atoms. The molecule has 0 aliphatic rings. The fourth-order valence-corrected chi connectivity index (χ4v) is 0.398. The van der Waals surface area contributed by atoms with Gasteiger partial charge >= 0.3 is 0 Å². The first-order chi connectivity index (χ1) is 3.27. The van der Waals surface area contributed by atoms with E-state index in [9.17, 15) is 4.79 Å². The summed E-state index contributed by atoms with van der Waals surface area (Å²) in [4.78, 5) is 10.0. The average Bonchev–Trinajstić information content (AvgIpc) is 1.61. The van der Waals surface area contributed by atoms with Crippen molar-refractivity contribution in [2.24, 2.45) is 0 Å². The number of carbonyl (C=O) groups excluding carboxylic acids is 1. The lowest BCUT2D eigenvalue weighted by molar-refractivity contribution is -0.114. The molecule has 0 atom stereocenters. The van der Waals surface area contributed by atoms with Crippen LogP contribution in [0.4, 0.5) is 0 Å². The fraction of sp³-hybridized carbons (Fsp3) is 0.600. The van der Waals surface area contributed by atoms with Gasteiger partial charge in [0.2, 0.25) is 0 Å². The monoisotopic (exact) mass is 119 g/mol. The molecular formula is C5H8ClO. The van der Waals surface area contributed by atoms with Crippen LogP contribution in [-0.4, -0.2) is 11.7 Å². The summed E-state index contributed by atoms with van der Waals surface area (Å²) in [7, 11) is 0. The molecule has 7 heavy (non-hydrogen) atoms. The number of hydrogen-bond acceptors (Lipinski definition) is 1. The first-order valence-corrected chi connectivity index (χ1v) is 2.71. The molecule has 0 fully saturated rings. The number of Topliss-reactive ketones (excluding diaryl/α,β-unsaturated/α-hetero) is 1. The zero-order valence-electron chi connectivity index (χ0n) is 4.11. The van der Waals surface area contributed by atoms with Crippen molar-refractivity contribution < 1.29 is 4.79 Å². The molecule has 0 rings (SSSR count). The van der Waals surface area contributed by atoms with E-state index in [1.54, 1.807) is 0 Å². The summed E-state index contributed by atoms with van der Waals surface area (Å²) < 4.78 is 0. The van der Waals surface area contributed by atoms with Crippen LogP contribution in [0.25, 0.3) is 0 Å². The maximum atomic E-state index is 10.0. The second-order valence-corrected chi connectivity index (χ2v) is 1.71. The third-order valence-electron chi connectivity index (χ3n) is 0.589. The molecule has 1 nitrogen and oxygen atoms in total. The predicted molar refractivity (Wildman–Crippen MR) is 30.3 cm³/mol. The van der Waals surface area contributed by atoms with Crippen LogP contribution in [0.2, 0.25) is 0 Å². The van der Waals surface area contributed by atoms with Gasteiger partial charge in [0, 0.05) is 19.2 Å². The predicted octanol–water partition coefficient (Wildman–Crippen LogP) is 1.41. The summed E-state index contributed by atoms with van der Waals surface area (Å²) >= 11 is 5.27. The van der Waals surface area contributed by atoms with Crippen molar-refractivity contribution in [3.8, 4) is 0 Å². The van der Waals surface area contributed by atoms with E-state index in [4.69, 9.17) is 11.6 Å². The molecule has 0 saturated carbocycles. The average molecular weight is 120 g/mol. The maximum Gasteiger partial charge on any atom is 0.133 e. The highest BCUT2D eigenvalue weighted by Gasteiger charge is 1.88. The van der Waals surface area contributed by atoms with Gasteiger partial charge < -0.3 is 0 Å². The van der Waals surface area contributed by atoms with Crippen LogP contribution in [0.5, 0.6) is 0 Å². The molecule has 1 radical (unpaired) electrons. The molecule has 0 N–H and O–H groups in total. The summed E-state index contributed by atoms with van der Waals surface area (Å²) in [5.74, 6) is 0.530. The van der Waals surface area contributed by atoms with Crippen molar-refractivity contribution in [3.63, 3.8) is 0 Å². The molecule has 0 aromatic heterocycles. The van der Waals surface area contributed by atoms with E-state index in [-0.39, 0.29) is 5.78 Å². The minimum Gasteiger partial charge on any atom is -0.300 e. The van der Waals surface area contributed by atoms with Gasteiger partial charge in [-0.05, 0) is 6.42 Å². The molecule has 0 aromatic carbocycles. The molecule has 0 aliphatic heterocycles. The lowest BCUT2D eigenvalue weighted by atomic mass is 10.3. The van der Waals surface area contributed by atoms with Crippen LogP contribution in [0.15, 0.2) is 0 Å². The highest BCUT2D eigenvalue weighted by Crippen LogP contribution is 1.90. The number of hydrogen-bond donors (Lipinski definition) is 0. The third-order valence-corrected chi connectivity index (χ3v) is 0.857. The van der Waals surface area contributed by atoms with Crippen LogP contribution in [0.1, 0.15) is 12.8 Å². The molecule has 2 heteroatoms. The van der Waals surface area contributed by atoms with Crippen molar-refractivity contribution in [1.82, 2.24) is 0 Å². The second kappa shape index (κ2) is 4.13. The molecule has 0 saturated heterocycles. The van der Waals surface area contributed by atoms with Crippen molar-refractivity contribution in [2.45, 2.75) is 12.8 Å². The van der Waals surface area contributed by atoms with Crippen molar-refractivity contribution in [1.29, 1.82) is 0 Å². The van der Waals surface area contributed by atoms with Crippen LogP contribution >= 0.6 is 11.6 Å². The van der Waals surface area contributed by atoms with Gasteiger partial charge in [0.1, 0.15) is 5.78 Å². The summed E-state index contributed by atoms with van der Waals surface area (Å²) in [6.45, 7) is 3.18. The van der Waals surface area contributed by atoms with Crippen LogP contribution in [0, 0.1) is 6.92 Å². The van der Waals surface area contributed by atoms with E-state index in [2.05, 4.69) is 6.92 Å². The van der Waals surface area contributed by atoms with Gasteiger partial charge in [0.05, 0.1) is 0 Å². The van der Waals surface area contributed by atoms with Gasteiger partial charge in [0.25, 0.3) is 0 Å². The maximum absolute atomic E-state index is 10.0. The molecule has 0 aromatic rings. The Balaban J connectivity index is 2.82. The smallest absolute Gasteiger partial charge is 0.133 e. The van der Waals surface area contributed by atoms with Gasteiger partial charge in [-0.1, -0.05) is 0 Å². The lowest BCUT2D eigenvalue weighted by Gasteiger charge is -1.85. The standard InChI is InChI=1S/C5H8ClO/c1-5(7)3-2-4-6/h1-4H2. The molecular weight excluding hydrogens is 112 g/mol. The number of halogens is 1. The summed E-state index contributed by atoms with van der Waals surface area (Å²) in [5.41, 5.74) is 0. The lowest BCUT2D eigenvalue weighted by Crippen LogP contribution is -1.88. The Morgan fingerprint density at radius 2 is 2.29 bits per heavy atom. The minimum absolute atomic E-state index is 0.0272. The molecule has 0 unspecified atom stereocenters. The second-order valence-electron chi connectivity index (χ2n) is 1.33. The molecule has 41 valence electrons. The quantitative estimate of drug-likeness (QED) is 0.514. The van der Waals surface area contributed by atoms with Gasteiger partial charge in [-0.3, -0.25) is 4.79 Å². The number of rotatable bonds is 3. The Morgan fingerprint density at radius 3 is 2.43 bits per heavy atom. The Hall–Kier alpha value is -0.0400. The van der Waals surface area contributed by atoms with Crippen LogP contribution < -0.4 is 0 Å². The molecule has 0 spiro atoms. The molecule has 0 aliphatic carbocycles. The number of alkyl halides is 1. The Kier molecular flexibility index (Phi) is 4.10. The first-order valence-electron chi connectivity index (χ1n) is 2.18. The summed E-state index contributed by atoms with van der Waals surface area (Å²) in [5, 5.41) is 0. The van der Waals surface area contributed by atoms with E-state index in [1.165, 1.54) is 0 Å². The van der Waals surface area contributed by atoms with Gasteiger partial charge in [0.15, 0.2) is 0 Å². The third kappa shape index (κ3) is 5.96. The zero-order chi connectivity index (χ0) is 5.70. The molecule has 0 heterocycles. The SMILES string of the molecule is [CH2]C(=O)CCCCl. The largest absolute Gasteiger partial charge is 0.300 e. The highest BCUT2D eigenvalue weighted by atomic mass is 35.5. The Labute approximate surface area is 48.7 Å². The summed E-state index contributed by atoms with van der Waals surface area (Å²) in [6.07, 6.45) is 1.27. The van der Waals surface area contributed by atoms with E-state index >= 15 is 0 Å². The normalized spacial score (nSPS) is 8.86. The van der Waals surface area contributed by atoms with Crippen LogP contribution in [-0.2, 0) is 4.79 Å². The van der Waals surface area contributed by atoms with E-state index in [0.717, 1.165) is 6.42 Å². The number of ketones is 1. The van der Waals surface area contributed by atoms with Crippen molar-refractivity contribution in [3.05, 3.63) is 6.92 Å². The van der Waals surface area contributed by atoms with Crippen molar-refractivity contribution >= 4 is 17.4 Å². The van der Waals surface area contributed by atoms with E-state index in [0.29, 0.717) is 12.3 Å². The number of carbonyl (C=O) groups is 1. The topological polar surface area (TPSA) is 17.1 Å². The zero-order valence-corrected chi connectivity index (χ0v) is 4.87. The van der Waals surface area contributed by atoms with E-state index < -0.39 is 0 Å². The fourth-order valence-electron chi connectivity index (χ4n) is 0.264. The van der Waals surface area contributed by atoms with Gasteiger partial charge in [-0.25, -0.2) is 0 Å². The Bertz CT molecular complexity index is 61.1. The highest BCUT2D eigenvalue weighted by molar-refractivity contribution is 6.17. The summed E-state index contributed by atoms with van der Waals surface area (Å²) in [6, 6.07) is 0. The van der Waals surface area contributed by atoms with Gasteiger partial charge in [-0.2, -0.15) is 0 Å².